The second-order valence-corrected chi connectivity index (χ2v) is 9.07. The second-order valence-electron chi connectivity index (χ2n) is 9.07. The second kappa shape index (κ2) is 4.92. The zero-order valence-electron chi connectivity index (χ0n) is 15.5. The van der Waals surface area contributed by atoms with E-state index < -0.39 is 5.60 Å². The van der Waals surface area contributed by atoms with Crippen molar-refractivity contribution in [3.05, 3.63) is 23.3 Å². The number of hydrogen-bond donors (Lipinski definition) is 1. The fourth-order valence-electron chi connectivity index (χ4n) is 5.51. The van der Waals surface area contributed by atoms with Crippen molar-refractivity contribution in [2.45, 2.75) is 88.8 Å². The minimum absolute atomic E-state index is 0.166. The van der Waals surface area contributed by atoms with E-state index in [-0.39, 0.29) is 17.6 Å². The van der Waals surface area contributed by atoms with Gasteiger partial charge in [-0.3, -0.25) is 0 Å². The summed E-state index contributed by atoms with van der Waals surface area (Å²) in [6, 6.07) is 4.23. The molecule has 1 aromatic rings. The van der Waals surface area contributed by atoms with Crippen molar-refractivity contribution in [2.24, 2.45) is 5.92 Å². The Bertz CT molecular complexity index is 727. The van der Waals surface area contributed by atoms with Crippen LogP contribution in [0.25, 0.3) is 0 Å². The molecule has 7 atom stereocenters. The van der Waals surface area contributed by atoms with Crippen LogP contribution in [0.2, 0.25) is 0 Å². The highest BCUT2D eigenvalue weighted by atomic mass is 16.6. The Kier molecular flexibility index (Phi) is 3.14. The van der Waals surface area contributed by atoms with E-state index in [1.807, 2.05) is 6.92 Å². The molecule has 0 bridgehead atoms. The average Bonchev–Trinajstić information content (AvgIpc) is 3.08. The van der Waals surface area contributed by atoms with Gasteiger partial charge in [-0.25, -0.2) is 0 Å². The molecule has 3 heterocycles. The summed E-state index contributed by atoms with van der Waals surface area (Å²) in [6.45, 7) is 8.40. The van der Waals surface area contributed by atoms with Gasteiger partial charge in [0.2, 0.25) is 0 Å². The summed E-state index contributed by atoms with van der Waals surface area (Å²) in [6.07, 6.45) is 4.37. The number of benzene rings is 1. The number of aryl methyl sites for hydroxylation is 1. The van der Waals surface area contributed by atoms with Crippen molar-refractivity contribution in [1.29, 1.82) is 0 Å². The number of rotatable bonds is 3. The Morgan fingerprint density at radius 3 is 2.68 bits per heavy atom. The minimum Gasteiger partial charge on any atom is -0.487 e. The lowest BCUT2D eigenvalue weighted by Crippen LogP contribution is -2.57. The smallest absolute Gasteiger partial charge is 0.134 e. The van der Waals surface area contributed by atoms with Crippen LogP contribution in [0.1, 0.15) is 63.5 Å². The summed E-state index contributed by atoms with van der Waals surface area (Å²) < 4.78 is 18.6. The van der Waals surface area contributed by atoms with Crippen molar-refractivity contribution < 1.29 is 19.3 Å². The molecule has 3 aliphatic heterocycles. The van der Waals surface area contributed by atoms with E-state index in [0.717, 1.165) is 42.7 Å². The Morgan fingerprint density at radius 2 is 1.96 bits per heavy atom. The molecule has 2 fully saturated rings. The fourth-order valence-corrected chi connectivity index (χ4v) is 5.51. The standard InChI is InChI=1S/C21H28O4/c1-11-9-15-18-16(10-11)25-21(4,8-6-14-12(2)23-14)13-5-7-20(3,22)19(24-15)17(13)18/h9-10,12-14,17,19,22H,5-8H2,1-4H3/t12?,13-,14?,17+,19-,20-,21+/m1/s1. The first kappa shape index (κ1) is 16.0. The molecule has 0 amide bonds. The van der Waals surface area contributed by atoms with E-state index in [0.29, 0.717) is 18.1 Å². The molecule has 1 aromatic carbocycles. The molecule has 136 valence electrons. The zero-order chi connectivity index (χ0) is 17.6. The van der Waals surface area contributed by atoms with Crippen LogP contribution in [-0.4, -0.2) is 34.6 Å². The molecule has 1 saturated carbocycles. The monoisotopic (exact) mass is 344 g/mol. The van der Waals surface area contributed by atoms with E-state index in [2.05, 4.69) is 32.9 Å². The van der Waals surface area contributed by atoms with Gasteiger partial charge in [0, 0.05) is 17.4 Å². The Labute approximate surface area is 149 Å². The van der Waals surface area contributed by atoms with Gasteiger partial charge in [0.05, 0.1) is 17.8 Å². The average molecular weight is 344 g/mol. The van der Waals surface area contributed by atoms with Crippen LogP contribution in [0.5, 0.6) is 11.5 Å². The summed E-state index contributed by atoms with van der Waals surface area (Å²) in [5.74, 6) is 2.48. The van der Waals surface area contributed by atoms with Crippen LogP contribution >= 0.6 is 0 Å². The highest BCUT2D eigenvalue weighted by Crippen LogP contribution is 2.61. The Hall–Kier alpha value is -1.26. The van der Waals surface area contributed by atoms with Crippen molar-refractivity contribution in [3.8, 4) is 11.5 Å². The van der Waals surface area contributed by atoms with Crippen molar-refractivity contribution >= 4 is 0 Å². The molecule has 2 unspecified atom stereocenters. The van der Waals surface area contributed by atoms with Gasteiger partial charge in [-0.15, -0.1) is 0 Å². The molecule has 0 aromatic heterocycles. The van der Waals surface area contributed by atoms with E-state index in [9.17, 15) is 5.11 Å². The number of epoxide rings is 1. The minimum atomic E-state index is -0.780. The molecule has 4 heteroatoms. The molecule has 1 aliphatic carbocycles. The fraction of sp³-hybridized carbons (Fsp3) is 0.714. The van der Waals surface area contributed by atoms with E-state index in [4.69, 9.17) is 14.2 Å². The highest BCUT2D eigenvalue weighted by Gasteiger charge is 2.60. The van der Waals surface area contributed by atoms with Gasteiger partial charge in [0.15, 0.2) is 0 Å². The summed E-state index contributed by atoms with van der Waals surface area (Å²) >= 11 is 0. The Balaban J connectivity index is 1.55. The van der Waals surface area contributed by atoms with E-state index in [1.165, 1.54) is 5.56 Å². The molecule has 1 saturated heterocycles. The summed E-state index contributed by atoms with van der Waals surface area (Å²) in [5.41, 5.74) is 1.33. The lowest BCUT2D eigenvalue weighted by atomic mass is 9.61. The van der Waals surface area contributed by atoms with E-state index in [1.54, 1.807) is 0 Å². The first-order chi connectivity index (χ1) is 11.8. The molecule has 4 aliphatic rings. The third kappa shape index (κ3) is 2.26. The molecular formula is C21H28O4. The highest BCUT2D eigenvalue weighted by molar-refractivity contribution is 5.56. The maximum Gasteiger partial charge on any atom is 0.134 e. The van der Waals surface area contributed by atoms with Gasteiger partial charge in [-0.05, 0) is 71.1 Å². The lowest BCUT2D eigenvalue weighted by molar-refractivity contribution is -0.125. The van der Waals surface area contributed by atoms with Crippen molar-refractivity contribution in [2.75, 3.05) is 0 Å². The number of aliphatic hydroxyl groups is 1. The maximum absolute atomic E-state index is 11.0. The molecule has 4 nitrogen and oxygen atoms in total. The third-order valence-corrected chi connectivity index (χ3v) is 7.06. The van der Waals surface area contributed by atoms with Crippen LogP contribution in [0.3, 0.4) is 0 Å². The quantitative estimate of drug-likeness (QED) is 0.849. The van der Waals surface area contributed by atoms with Crippen molar-refractivity contribution in [3.63, 3.8) is 0 Å². The maximum atomic E-state index is 11.0. The van der Waals surface area contributed by atoms with Gasteiger partial charge >= 0.3 is 0 Å². The van der Waals surface area contributed by atoms with Gasteiger partial charge in [0.1, 0.15) is 23.2 Å². The summed E-state index contributed by atoms with van der Waals surface area (Å²) in [7, 11) is 0. The van der Waals surface area contributed by atoms with Crippen molar-refractivity contribution in [1.82, 2.24) is 0 Å². The third-order valence-electron chi connectivity index (χ3n) is 7.06. The summed E-state index contributed by atoms with van der Waals surface area (Å²) in [4.78, 5) is 0. The van der Waals surface area contributed by atoms with Crippen LogP contribution in [0, 0.1) is 12.8 Å². The van der Waals surface area contributed by atoms with Crippen LogP contribution in [0.4, 0.5) is 0 Å². The topological polar surface area (TPSA) is 51.2 Å². The predicted molar refractivity (Wildman–Crippen MR) is 94.3 cm³/mol. The van der Waals surface area contributed by atoms with Gasteiger partial charge in [-0.2, -0.15) is 0 Å². The van der Waals surface area contributed by atoms with Gasteiger partial charge in [-0.1, -0.05) is 0 Å². The van der Waals surface area contributed by atoms with Gasteiger partial charge < -0.3 is 19.3 Å². The SMILES string of the molecule is Cc1cc2c3c(c1)O[C@@](C)(CCC1OC1C)[C@@H]1CC[C@@](C)(O)[C@H](O2)[C@H]31. The molecule has 5 rings (SSSR count). The van der Waals surface area contributed by atoms with Crippen LogP contribution in [0.15, 0.2) is 12.1 Å². The summed E-state index contributed by atoms with van der Waals surface area (Å²) in [5, 5.41) is 11.0. The molecule has 1 N–H and O–H groups in total. The molecular weight excluding hydrogens is 316 g/mol. The van der Waals surface area contributed by atoms with E-state index >= 15 is 0 Å². The normalized spacial score (nSPS) is 46.2. The zero-order valence-corrected chi connectivity index (χ0v) is 15.5. The molecule has 0 spiro atoms. The van der Waals surface area contributed by atoms with Gasteiger partial charge in [0.25, 0.3) is 0 Å². The first-order valence-corrected chi connectivity index (χ1v) is 9.66. The Morgan fingerprint density at radius 1 is 1.24 bits per heavy atom. The lowest BCUT2D eigenvalue weighted by Gasteiger charge is -2.51. The van der Waals surface area contributed by atoms with Crippen LogP contribution in [-0.2, 0) is 4.74 Å². The first-order valence-electron chi connectivity index (χ1n) is 9.66. The van der Waals surface area contributed by atoms with Crippen LogP contribution < -0.4 is 9.47 Å². The molecule has 25 heavy (non-hydrogen) atoms. The largest absolute Gasteiger partial charge is 0.487 e. The number of ether oxygens (including phenoxy) is 3. The predicted octanol–water partition coefficient (Wildman–Crippen LogP) is 3.72. The molecule has 0 radical (unpaired) electrons. The number of hydrogen-bond acceptors (Lipinski definition) is 4.